The van der Waals surface area contributed by atoms with Gasteiger partial charge in [-0.3, -0.25) is 4.79 Å². The zero-order chi connectivity index (χ0) is 20.4. The Balaban J connectivity index is 1.49. The van der Waals surface area contributed by atoms with Crippen molar-refractivity contribution in [3.63, 3.8) is 0 Å². The van der Waals surface area contributed by atoms with Gasteiger partial charge >= 0.3 is 0 Å². The third kappa shape index (κ3) is 2.83. The molecule has 4 bridgehead atoms. The summed E-state index contributed by atoms with van der Waals surface area (Å²) in [5.74, 6) is 2.90. The average Bonchev–Trinajstić information content (AvgIpc) is 3.08. The Hall–Kier alpha value is -1.06. The van der Waals surface area contributed by atoms with E-state index in [0.717, 1.165) is 45.2 Å². The number of nitrogens with two attached hydrogens (primary N) is 1. The molecule has 5 fully saturated rings. The second-order valence-corrected chi connectivity index (χ2v) is 11.6. The fourth-order valence-electron chi connectivity index (χ4n) is 7.91. The molecule has 1 amide bonds. The minimum Gasteiger partial charge on any atom is -0.342 e. The maximum Gasteiger partial charge on any atom is 0.229 e. The Morgan fingerprint density at radius 3 is 2.66 bits per heavy atom. The summed E-state index contributed by atoms with van der Waals surface area (Å²) in [5, 5.41) is 0. The van der Waals surface area contributed by atoms with Crippen molar-refractivity contribution >= 4 is 17.5 Å². The van der Waals surface area contributed by atoms with Gasteiger partial charge in [0, 0.05) is 25.0 Å². The van der Waals surface area contributed by atoms with Crippen LogP contribution in [0.15, 0.2) is 30.3 Å². The maximum atomic E-state index is 14.1. The number of carbonyl (C=O) groups excluding carboxylic acids is 1. The van der Waals surface area contributed by atoms with Gasteiger partial charge in [0.2, 0.25) is 5.91 Å². The molecule has 4 aliphatic carbocycles. The fraction of sp³-hybridized carbons (Fsp3) is 0.720. The van der Waals surface area contributed by atoms with Crippen LogP contribution in [-0.4, -0.2) is 35.8 Å². The molecule has 1 saturated heterocycles. The molecule has 5 aliphatic rings. The standard InChI is InChI=1S/C25H35ClN2O/c1-23(2)16-28(11-9-21(23)27)22(29)25-13-17-12-24(15-25,18-6-4-3-5-7-18)14-20(25)19(17)8-10-26/h3-7,17,19-21H,8-16,27H2,1-2H3/t17?,19?,20?,21-,24?,25?/m0/s1. The smallest absolute Gasteiger partial charge is 0.229 e. The average molecular weight is 415 g/mol. The van der Waals surface area contributed by atoms with Crippen LogP contribution in [0.25, 0.3) is 0 Å². The molecule has 6 atom stereocenters. The zero-order valence-corrected chi connectivity index (χ0v) is 18.6. The molecule has 4 saturated carbocycles. The maximum absolute atomic E-state index is 14.1. The first-order valence-corrected chi connectivity index (χ1v) is 12.0. The lowest BCUT2D eigenvalue weighted by Gasteiger charge is -2.47. The van der Waals surface area contributed by atoms with Gasteiger partial charge in [-0.2, -0.15) is 0 Å². The Bertz CT molecular complexity index is 795. The van der Waals surface area contributed by atoms with Gasteiger partial charge in [-0.25, -0.2) is 0 Å². The van der Waals surface area contributed by atoms with Gasteiger partial charge in [0.25, 0.3) is 0 Å². The molecule has 1 aromatic carbocycles. The van der Waals surface area contributed by atoms with E-state index >= 15 is 0 Å². The number of amides is 1. The summed E-state index contributed by atoms with van der Waals surface area (Å²) in [5.41, 5.74) is 7.83. The quantitative estimate of drug-likeness (QED) is 0.733. The van der Waals surface area contributed by atoms with Crippen LogP contribution in [0.3, 0.4) is 0 Å². The Morgan fingerprint density at radius 1 is 1.21 bits per heavy atom. The number of benzene rings is 1. The van der Waals surface area contributed by atoms with Crippen molar-refractivity contribution in [1.82, 2.24) is 4.90 Å². The predicted molar refractivity (Wildman–Crippen MR) is 118 cm³/mol. The van der Waals surface area contributed by atoms with E-state index in [4.69, 9.17) is 17.3 Å². The largest absolute Gasteiger partial charge is 0.342 e. The first-order valence-electron chi connectivity index (χ1n) is 11.5. The van der Waals surface area contributed by atoms with E-state index in [-0.39, 0.29) is 22.3 Å². The van der Waals surface area contributed by atoms with Crippen molar-refractivity contribution in [3.8, 4) is 0 Å². The van der Waals surface area contributed by atoms with Gasteiger partial charge in [0.05, 0.1) is 5.41 Å². The lowest BCUT2D eigenvalue weighted by molar-refractivity contribution is -0.148. The number of hydrogen-bond donors (Lipinski definition) is 1. The molecule has 4 heteroatoms. The van der Waals surface area contributed by atoms with Crippen LogP contribution in [0.5, 0.6) is 0 Å². The van der Waals surface area contributed by atoms with Crippen LogP contribution < -0.4 is 5.73 Å². The molecule has 1 aliphatic heterocycles. The van der Waals surface area contributed by atoms with Crippen molar-refractivity contribution in [2.45, 2.75) is 63.8 Å². The second kappa shape index (κ2) is 6.72. The number of alkyl halides is 1. The van der Waals surface area contributed by atoms with Gasteiger partial charge in [-0.05, 0) is 72.7 Å². The summed E-state index contributed by atoms with van der Waals surface area (Å²) < 4.78 is 0. The molecule has 0 aromatic heterocycles. The highest BCUT2D eigenvalue weighted by atomic mass is 35.5. The van der Waals surface area contributed by atoms with Gasteiger partial charge < -0.3 is 10.6 Å². The van der Waals surface area contributed by atoms with E-state index in [1.165, 1.54) is 12.0 Å². The molecule has 29 heavy (non-hydrogen) atoms. The van der Waals surface area contributed by atoms with E-state index in [9.17, 15) is 4.79 Å². The molecular formula is C25H35ClN2O. The van der Waals surface area contributed by atoms with Crippen LogP contribution in [0.1, 0.15) is 57.9 Å². The van der Waals surface area contributed by atoms with Gasteiger partial charge in [-0.15, -0.1) is 11.6 Å². The van der Waals surface area contributed by atoms with Crippen molar-refractivity contribution in [1.29, 1.82) is 0 Å². The number of hydrogen-bond acceptors (Lipinski definition) is 2. The normalized spacial score (nSPS) is 42.4. The van der Waals surface area contributed by atoms with Crippen molar-refractivity contribution in [2.24, 2.45) is 34.3 Å². The minimum atomic E-state index is -0.174. The van der Waals surface area contributed by atoms with Gasteiger partial charge in [-0.1, -0.05) is 44.2 Å². The predicted octanol–water partition coefficient (Wildman–Crippen LogP) is 4.58. The van der Waals surface area contributed by atoms with E-state index in [1.54, 1.807) is 0 Å². The van der Waals surface area contributed by atoms with Crippen molar-refractivity contribution in [3.05, 3.63) is 35.9 Å². The van der Waals surface area contributed by atoms with Crippen molar-refractivity contribution < 1.29 is 4.79 Å². The molecule has 2 N–H and O–H groups in total. The summed E-state index contributed by atoms with van der Waals surface area (Å²) in [6, 6.07) is 11.2. The third-order valence-corrected chi connectivity index (χ3v) is 9.45. The van der Waals surface area contributed by atoms with E-state index in [1.807, 2.05) is 0 Å². The molecule has 158 valence electrons. The number of halogens is 1. The second-order valence-electron chi connectivity index (χ2n) is 11.2. The topological polar surface area (TPSA) is 46.3 Å². The summed E-state index contributed by atoms with van der Waals surface area (Å²) in [7, 11) is 0. The SMILES string of the molecule is CC1(C)CN(C(=O)C23CC4CC(c5ccccc5)(CC2C4CCCl)C3)CC[C@@H]1N. The highest BCUT2D eigenvalue weighted by Crippen LogP contribution is 2.73. The van der Waals surface area contributed by atoms with Gasteiger partial charge in [0.15, 0.2) is 0 Å². The first kappa shape index (κ1) is 19.9. The first-order chi connectivity index (χ1) is 13.8. The van der Waals surface area contributed by atoms with Crippen LogP contribution in [0.4, 0.5) is 0 Å². The van der Waals surface area contributed by atoms with E-state index < -0.39 is 0 Å². The minimum absolute atomic E-state index is 0.00711. The Morgan fingerprint density at radius 2 is 1.97 bits per heavy atom. The summed E-state index contributed by atoms with van der Waals surface area (Å²) in [6.45, 7) is 6.05. The van der Waals surface area contributed by atoms with E-state index in [2.05, 4.69) is 49.1 Å². The summed E-state index contributed by atoms with van der Waals surface area (Å²) in [4.78, 5) is 16.3. The Kier molecular flexibility index (Phi) is 4.61. The molecular weight excluding hydrogens is 380 g/mol. The van der Waals surface area contributed by atoms with Crippen molar-refractivity contribution in [2.75, 3.05) is 19.0 Å². The Labute approximate surface area is 180 Å². The zero-order valence-electron chi connectivity index (χ0n) is 17.9. The molecule has 0 radical (unpaired) electrons. The number of piperidine rings is 1. The summed E-state index contributed by atoms with van der Waals surface area (Å²) in [6.07, 6.45) is 6.49. The molecule has 5 unspecified atom stereocenters. The molecule has 3 nitrogen and oxygen atoms in total. The fourth-order valence-corrected chi connectivity index (χ4v) is 8.16. The number of carbonyl (C=O) groups is 1. The highest BCUT2D eigenvalue weighted by Gasteiger charge is 2.71. The lowest BCUT2D eigenvalue weighted by Crippen LogP contribution is -2.57. The summed E-state index contributed by atoms with van der Waals surface area (Å²) >= 11 is 6.22. The van der Waals surface area contributed by atoms with Crippen LogP contribution in [-0.2, 0) is 10.2 Å². The molecule has 0 spiro atoms. The van der Waals surface area contributed by atoms with Crippen LogP contribution >= 0.6 is 11.6 Å². The lowest BCUT2D eigenvalue weighted by atomic mass is 9.61. The van der Waals surface area contributed by atoms with Crippen LogP contribution in [0.2, 0.25) is 0 Å². The number of nitrogens with zero attached hydrogens (tertiary/aromatic N) is 1. The number of likely N-dealkylation sites (tertiary alicyclic amines) is 1. The number of rotatable bonds is 4. The molecule has 6 rings (SSSR count). The van der Waals surface area contributed by atoms with Gasteiger partial charge in [0.1, 0.15) is 0 Å². The molecule has 1 aromatic rings. The highest BCUT2D eigenvalue weighted by molar-refractivity contribution is 6.17. The third-order valence-electron chi connectivity index (χ3n) is 9.23. The van der Waals surface area contributed by atoms with E-state index in [0.29, 0.717) is 29.5 Å². The monoisotopic (exact) mass is 414 g/mol. The van der Waals surface area contributed by atoms with Crippen LogP contribution in [0, 0.1) is 28.6 Å². The molecule has 1 heterocycles.